The Morgan fingerprint density at radius 3 is 2.90 bits per heavy atom. The van der Waals surface area contributed by atoms with Gasteiger partial charge in [-0.2, -0.15) is 0 Å². The topological polar surface area (TPSA) is 65.2 Å². The highest BCUT2D eigenvalue weighted by atomic mass is 16.2. The first-order chi connectivity index (χ1) is 9.65. The van der Waals surface area contributed by atoms with Crippen LogP contribution in [0.25, 0.3) is 10.9 Å². The molecule has 2 amide bonds. The van der Waals surface area contributed by atoms with E-state index >= 15 is 0 Å². The fourth-order valence-electron chi connectivity index (χ4n) is 2.26. The van der Waals surface area contributed by atoms with Crippen LogP contribution in [0.1, 0.15) is 23.2 Å². The molecule has 0 aliphatic heterocycles. The maximum Gasteiger partial charge on any atom is 0.256 e. The second kappa shape index (κ2) is 5.00. The van der Waals surface area contributed by atoms with E-state index in [0.29, 0.717) is 11.6 Å². The molecule has 20 heavy (non-hydrogen) atoms. The molecule has 0 saturated heterocycles. The molecule has 1 aromatic heterocycles. The van der Waals surface area contributed by atoms with E-state index in [4.69, 9.17) is 0 Å². The van der Waals surface area contributed by atoms with E-state index in [9.17, 15) is 9.59 Å². The Morgan fingerprint density at radius 1 is 1.35 bits per heavy atom. The summed E-state index contributed by atoms with van der Waals surface area (Å²) in [7, 11) is 1.65. The number of nitrogens with zero attached hydrogens (tertiary/aromatic N) is 1. The zero-order valence-electron chi connectivity index (χ0n) is 11.3. The number of fused-ring (bicyclic) bond motifs is 1. The van der Waals surface area contributed by atoms with Gasteiger partial charge >= 0.3 is 0 Å². The summed E-state index contributed by atoms with van der Waals surface area (Å²) >= 11 is 0. The van der Waals surface area contributed by atoms with Gasteiger partial charge in [0, 0.05) is 24.7 Å². The van der Waals surface area contributed by atoms with Gasteiger partial charge in [-0.05, 0) is 25.0 Å². The first kappa shape index (κ1) is 12.7. The standard InChI is InChI=1S/C15H17N3O2/c1-18(9-13(19)17-11-5-6-11)15(20)12-4-2-3-10-7-8-16-14(10)12/h2-4,7-8,11,16H,5-6,9H2,1H3,(H,17,19). The summed E-state index contributed by atoms with van der Waals surface area (Å²) in [6, 6.07) is 7.81. The van der Waals surface area contributed by atoms with Crippen molar-refractivity contribution in [2.45, 2.75) is 18.9 Å². The Labute approximate surface area is 117 Å². The van der Waals surface area contributed by atoms with Gasteiger partial charge in [-0.1, -0.05) is 12.1 Å². The molecule has 1 heterocycles. The molecule has 1 fully saturated rings. The third-order valence-corrected chi connectivity index (χ3v) is 3.49. The molecule has 1 aliphatic carbocycles. The molecule has 3 rings (SSSR count). The third-order valence-electron chi connectivity index (χ3n) is 3.49. The van der Waals surface area contributed by atoms with Crippen LogP contribution in [0.4, 0.5) is 0 Å². The lowest BCUT2D eigenvalue weighted by molar-refractivity contribution is -0.121. The number of aromatic amines is 1. The number of likely N-dealkylation sites (N-methyl/N-ethyl adjacent to an activating group) is 1. The van der Waals surface area contributed by atoms with Crippen molar-refractivity contribution < 1.29 is 9.59 Å². The van der Waals surface area contributed by atoms with Gasteiger partial charge in [-0.25, -0.2) is 0 Å². The SMILES string of the molecule is CN(CC(=O)NC1CC1)C(=O)c1cccc2cc[nH]c12. The number of amides is 2. The predicted molar refractivity (Wildman–Crippen MR) is 76.4 cm³/mol. The van der Waals surface area contributed by atoms with E-state index in [1.54, 1.807) is 19.3 Å². The normalized spacial score (nSPS) is 14.2. The lowest BCUT2D eigenvalue weighted by atomic mass is 10.1. The molecule has 0 radical (unpaired) electrons. The molecule has 0 spiro atoms. The highest BCUT2D eigenvalue weighted by Gasteiger charge is 2.24. The smallest absolute Gasteiger partial charge is 0.256 e. The third kappa shape index (κ3) is 2.52. The van der Waals surface area contributed by atoms with Crippen molar-refractivity contribution in [3.05, 3.63) is 36.0 Å². The Kier molecular flexibility index (Phi) is 3.18. The van der Waals surface area contributed by atoms with Crippen molar-refractivity contribution in [2.75, 3.05) is 13.6 Å². The summed E-state index contributed by atoms with van der Waals surface area (Å²) < 4.78 is 0. The maximum atomic E-state index is 12.4. The summed E-state index contributed by atoms with van der Waals surface area (Å²) in [5.74, 6) is -0.244. The van der Waals surface area contributed by atoms with E-state index in [1.807, 2.05) is 18.2 Å². The number of hydrogen-bond acceptors (Lipinski definition) is 2. The van der Waals surface area contributed by atoms with E-state index < -0.39 is 0 Å². The number of rotatable bonds is 4. The average molecular weight is 271 g/mol. The highest BCUT2D eigenvalue weighted by molar-refractivity contribution is 6.06. The predicted octanol–water partition coefficient (Wildman–Crippen LogP) is 1.52. The van der Waals surface area contributed by atoms with Crippen molar-refractivity contribution in [1.29, 1.82) is 0 Å². The largest absolute Gasteiger partial charge is 0.361 e. The molecular weight excluding hydrogens is 254 g/mol. The number of benzene rings is 1. The van der Waals surface area contributed by atoms with Gasteiger partial charge in [-0.3, -0.25) is 9.59 Å². The first-order valence-corrected chi connectivity index (χ1v) is 6.76. The van der Waals surface area contributed by atoms with Crippen LogP contribution in [0, 0.1) is 0 Å². The molecule has 0 bridgehead atoms. The van der Waals surface area contributed by atoms with Crippen LogP contribution in [0.15, 0.2) is 30.5 Å². The molecule has 2 N–H and O–H groups in total. The Bertz CT molecular complexity index is 658. The number of nitrogens with one attached hydrogen (secondary N) is 2. The maximum absolute atomic E-state index is 12.4. The number of aromatic nitrogens is 1. The van der Waals surface area contributed by atoms with Gasteiger partial charge in [0.25, 0.3) is 5.91 Å². The number of para-hydroxylation sites is 1. The van der Waals surface area contributed by atoms with Gasteiger partial charge in [0.05, 0.1) is 17.6 Å². The van der Waals surface area contributed by atoms with Crippen LogP contribution >= 0.6 is 0 Å². The Morgan fingerprint density at radius 2 is 2.15 bits per heavy atom. The number of H-pyrrole nitrogens is 1. The van der Waals surface area contributed by atoms with Crippen molar-refractivity contribution >= 4 is 22.7 Å². The van der Waals surface area contributed by atoms with Crippen LogP contribution in [-0.2, 0) is 4.79 Å². The van der Waals surface area contributed by atoms with Crippen LogP contribution in [0.2, 0.25) is 0 Å². The Hall–Kier alpha value is -2.30. The quantitative estimate of drug-likeness (QED) is 0.885. The van der Waals surface area contributed by atoms with E-state index in [-0.39, 0.29) is 18.4 Å². The minimum atomic E-state index is -0.149. The summed E-state index contributed by atoms with van der Waals surface area (Å²) in [4.78, 5) is 28.7. The lowest BCUT2D eigenvalue weighted by Gasteiger charge is -2.17. The van der Waals surface area contributed by atoms with Crippen molar-refractivity contribution in [1.82, 2.24) is 15.2 Å². The molecule has 1 aromatic carbocycles. The summed E-state index contributed by atoms with van der Waals surface area (Å²) in [5.41, 5.74) is 1.40. The molecule has 5 nitrogen and oxygen atoms in total. The number of hydrogen-bond donors (Lipinski definition) is 2. The van der Waals surface area contributed by atoms with Crippen LogP contribution in [-0.4, -0.2) is 41.3 Å². The zero-order chi connectivity index (χ0) is 14.1. The summed E-state index contributed by atoms with van der Waals surface area (Å²) in [5, 5.41) is 3.87. The minimum Gasteiger partial charge on any atom is -0.361 e. The second-order valence-electron chi connectivity index (χ2n) is 5.25. The van der Waals surface area contributed by atoms with Crippen LogP contribution < -0.4 is 5.32 Å². The molecule has 1 aliphatic rings. The fourth-order valence-corrected chi connectivity index (χ4v) is 2.26. The van der Waals surface area contributed by atoms with Crippen molar-refractivity contribution in [2.24, 2.45) is 0 Å². The van der Waals surface area contributed by atoms with E-state index in [2.05, 4.69) is 10.3 Å². The summed E-state index contributed by atoms with van der Waals surface area (Å²) in [6.07, 6.45) is 3.90. The van der Waals surface area contributed by atoms with Crippen molar-refractivity contribution in [3.8, 4) is 0 Å². The highest BCUT2D eigenvalue weighted by Crippen LogP contribution is 2.19. The van der Waals surface area contributed by atoms with Crippen LogP contribution in [0.3, 0.4) is 0 Å². The number of carbonyl (C=O) groups is 2. The van der Waals surface area contributed by atoms with Gasteiger partial charge in [0.1, 0.15) is 0 Å². The average Bonchev–Trinajstić information content (AvgIpc) is 3.10. The number of carbonyl (C=O) groups excluding carboxylic acids is 2. The second-order valence-corrected chi connectivity index (χ2v) is 5.25. The molecule has 2 aromatic rings. The monoisotopic (exact) mass is 271 g/mol. The molecule has 5 heteroatoms. The van der Waals surface area contributed by atoms with Crippen LogP contribution in [0.5, 0.6) is 0 Å². The zero-order valence-corrected chi connectivity index (χ0v) is 11.3. The minimum absolute atomic E-state index is 0.0897. The van der Waals surface area contributed by atoms with Gasteiger partial charge in [0.2, 0.25) is 5.91 Å². The molecule has 1 saturated carbocycles. The first-order valence-electron chi connectivity index (χ1n) is 6.76. The molecule has 0 atom stereocenters. The summed E-state index contributed by atoms with van der Waals surface area (Å²) in [6.45, 7) is 0.0897. The molecular formula is C15H17N3O2. The van der Waals surface area contributed by atoms with E-state index in [1.165, 1.54) is 4.90 Å². The lowest BCUT2D eigenvalue weighted by Crippen LogP contribution is -2.39. The van der Waals surface area contributed by atoms with Crippen molar-refractivity contribution in [3.63, 3.8) is 0 Å². The van der Waals surface area contributed by atoms with E-state index in [0.717, 1.165) is 23.7 Å². The molecule has 0 unspecified atom stereocenters. The molecule has 104 valence electrons. The van der Waals surface area contributed by atoms with Gasteiger partial charge < -0.3 is 15.2 Å². The fraction of sp³-hybridized carbons (Fsp3) is 0.333. The van der Waals surface area contributed by atoms with Gasteiger partial charge in [0.15, 0.2) is 0 Å². The Balaban J connectivity index is 1.73. The van der Waals surface area contributed by atoms with Gasteiger partial charge in [-0.15, -0.1) is 0 Å².